The van der Waals surface area contributed by atoms with Gasteiger partial charge in [0.25, 0.3) is 0 Å². The Bertz CT molecular complexity index is 549. The minimum atomic E-state index is -3.25. The fourth-order valence-corrected chi connectivity index (χ4v) is 2.38. The quantitative estimate of drug-likeness (QED) is 0.651. The van der Waals surface area contributed by atoms with E-state index in [0.717, 1.165) is 0 Å². The van der Waals surface area contributed by atoms with Gasteiger partial charge in [0.05, 0.1) is 22.7 Å². The summed E-state index contributed by atoms with van der Waals surface area (Å²) in [5, 5.41) is 11.7. The highest BCUT2D eigenvalue weighted by atomic mass is 32.2. The van der Waals surface area contributed by atoms with Crippen molar-refractivity contribution < 1.29 is 8.42 Å². The second kappa shape index (κ2) is 6.23. The third kappa shape index (κ3) is 3.91. The fraction of sp³-hybridized carbons (Fsp3) is 0.364. The molecule has 0 radical (unpaired) electrons. The first kappa shape index (κ1) is 14.3. The van der Waals surface area contributed by atoms with E-state index in [2.05, 4.69) is 10.0 Å². The number of anilines is 2. The highest BCUT2D eigenvalue weighted by molar-refractivity contribution is 7.89. The van der Waals surface area contributed by atoms with E-state index < -0.39 is 10.0 Å². The average molecular weight is 268 g/mol. The average Bonchev–Trinajstić information content (AvgIpc) is 2.31. The van der Waals surface area contributed by atoms with Gasteiger partial charge in [0.2, 0.25) is 10.0 Å². The number of nitriles is 1. The van der Waals surface area contributed by atoms with E-state index in [-0.39, 0.29) is 12.3 Å². The van der Waals surface area contributed by atoms with E-state index in [9.17, 15) is 8.42 Å². The SMILES string of the molecule is CCNS(=O)(=O)CCNc1cccc(C#N)c1N. The van der Waals surface area contributed by atoms with Gasteiger partial charge in [0, 0.05) is 13.1 Å². The molecule has 0 saturated heterocycles. The maximum atomic E-state index is 11.4. The summed E-state index contributed by atoms with van der Waals surface area (Å²) in [4.78, 5) is 0. The zero-order valence-corrected chi connectivity index (χ0v) is 10.9. The summed E-state index contributed by atoms with van der Waals surface area (Å²) >= 11 is 0. The topological polar surface area (TPSA) is 108 Å². The second-order valence-electron chi connectivity index (χ2n) is 3.62. The Labute approximate surface area is 107 Å². The summed E-state index contributed by atoms with van der Waals surface area (Å²) in [7, 11) is -3.25. The van der Waals surface area contributed by atoms with Crippen LogP contribution in [0.25, 0.3) is 0 Å². The number of hydrogen-bond acceptors (Lipinski definition) is 5. The molecule has 0 spiro atoms. The highest BCUT2D eigenvalue weighted by Crippen LogP contribution is 2.21. The van der Waals surface area contributed by atoms with Crippen molar-refractivity contribution in [2.45, 2.75) is 6.92 Å². The molecule has 0 fully saturated rings. The maximum Gasteiger partial charge on any atom is 0.213 e. The molecular weight excluding hydrogens is 252 g/mol. The van der Waals surface area contributed by atoms with Crippen LogP contribution >= 0.6 is 0 Å². The summed E-state index contributed by atoms with van der Waals surface area (Å²) in [5.41, 5.74) is 7.03. The molecule has 7 heteroatoms. The number of para-hydroxylation sites is 1. The van der Waals surface area contributed by atoms with Crippen LogP contribution in [0.5, 0.6) is 0 Å². The Morgan fingerprint density at radius 3 is 2.78 bits per heavy atom. The first-order chi connectivity index (χ1) is 8.50. The van der Waals surface area contributed by atoms with Crippen LogP contribution in [0, 0.1) is 11.3 Å². The lowest BCUT2D eigenvalue weighted by molar-refractivity contribution is 0.584. The Morgan fingerprint density at radius 1 is 1.44 bits per heavy atom. The van der Waals surface area contributed by atoms with Crippen LogP contribution in [0.4, 0.5) is 11.4 Å². The van der Waals surface area contributed by atoms with Crippen LogP contribution in [0.2, 0.25) is 0 Å². The molecule has 1 aromatic rings. The van der Waals surface area contributed by atoms with Gasteiger partial charge < -0.3 is 11.1 Å². The third-order valence-electron chi connectivity index (χ3n) is 2.28. The van der Waals surface area contributed by atoms with Gasteiger partial charge in [-0.3, -0.25) is 0 Å². The van der Waals surface area contributed by atoms with Gasteiger partial charge in [-0.1, -0.05) is 13.0 Å². The van der Waals surface area contributed by atoms with Crippen molar-refractivity contribution in [1.29, 1.82) is 5.26 Å². The van der Waals surface area contributed by atoms with Gasteiger partial charge in [0.1, 0.15) is 6.07 Å². The molecule has 0 atom stereocenters. The smallest absolute Gasteiger partial charge is 0.213 e. The second-order valence-corrected chi connectivity index (χ2v) is 5.55. The predicted octanol–water partition coefficient (Wildman–Crippen LogP) is 0.492. The Balaban J connectivity index is 2.63. The van der Waals surface area contributed by atoms with E-state index >= 15 is 0 Å². The van der Waals surface area contributed by atoms with Crippen LogP contribution < -0.4 is 15.8 Å². The standard InChI is InChI=1S/C11H16N4O2S/c1-2-15-18(16,17)7-6-14-10-5-3-4-9(8-12)11(10)13/h3-5,14-15H,2,6-7,13H2,1H3. The molecule has 18 heavy (non-hydrogen) atoms. The zero-order chi connectivity index (χ0) is 13.6. The van der Waals surface area contributed by atoms with Crippen LogP contribution in [-0.2, 0) is 10.0 Å². The molecule has 0 heterocycles. The Hall–Kier alpha value is -1.78. The summed E-state index contributed by atoms with van der Waals surface area (Å²) in [5.74, 6) is -0.0446. The van der Waals surface area contributed by atoms with Gasteiger partial charge in [-0.25, -0.2) is 13.1 Å². The van der Waals surface area contributed by atoms with Crippen molar-refractivity contribution >= 4 is 21.4 Å². The van der Waals surface area contributed by atoms with Gasteiger partial charge in [-0.2, -0.15) is 5.26 Å². The van der Waals surface area contributed by atoms with Gasteiger partial charge in [-0.05, 0) is 12.1 Å². The van der Waals surface area contributed by atoms with Crippen molar-refractivity contribution in [3.8, 4) is 6.07 Å². The summed E-state index contributed by atoms with van der Waals surface area (Å²) < 4.78 is 25.2. The van der Waals surface area contributed by atoms with Gasteiger partial charge in [0.15, 0.2) is 0 Å². The van der Waals surface area contributed by atoms with Crippen molar-refractivity contribution in [3.63, 3.8) is 0 Å². The number of hydrogen-bond donors (Lipinski definition) is 3. The molecule has 1 aromatic carbocycles. The molecule has 0 aliphatic carbocycles. The van der Waals surface area contributed by atoms with Crippen LogP contribution in [0.3, 0.4) is 0 Å². The predicted molar refractivity (Wildman–Crippen MR) is 71.5 cm³/mol. The Morgan fingerprint density at radius 2 is 2.17 bits per heavy atom. The first-order valence-electron chi connectivity index (χ1n) is 5.50. The first-order valence-corrected chi connectivity index (χ1v) is 7.15. The molecule has 0 aliphatic rings. The third-order valence-corrected chi connectivity index (χ3v) is 3.75. The highest BCUT2D eigenvalue weighted by Gasteiger charge is 2.09. The van der Waals surface area contributed by atoms with Crippen molar-refractivity contribution in [3.05, 3.63) is 23.8 Å². The van der Waals surface area contributed by atoms with Crippen LogP contribution in [-0.4, -0.2) is 27.3 Å². The van der Waals surface area contributed by atoms with Crippen molar-refractivity contribution in [2.24, 2.45) is 0 Å². The lowest BCUT2D eigenvalue weighted by atomic mass is 10.1. The van der Waals surface area contributed by atoms with Gasteiger partial charge in [-0.15, -0.1) is 0 Å². The molecule has 0 saturated carbocycles. The molecule has 4 N–H and O–H groups in total. The van der Waals surface area contributed by atoms with Crippen LogP contribution in [0.15, 0.2) is 18.2 Å². The lowest BCUT2D eigenvalue weighted by Gasteiger charge is -2.10. The number of nitrogens with two attached hydrogens (primary N) is 1. The number of rotatable bonds is 6. The molecule has 1 rings (SSSR count). The summed E-state index contributed by atoms with van der Waals surface area (Å²) in [6.45, 7) is 2.32. The maximum absolute atomic E-state index is 11.4. The number of nitrogens with one attached hydrogen (secondary N) is 2. The lowest BCUT2D eigenvalue weighted by Crippen LogP contribution is -2.29. The van der Waals surface area contributed by atoms with E-state index in [0.29, 0.717) is 23.5 Å². The molecule has 0 aliphatic heterocycles. The minimum absolute atomic E-state index is 0.0446. The monoisotopic (exact) mass is 268 g/mol. The number of nitrogen functional groups attached to an aromatic ring is 1. The molecule has 0 aromatic heterocycles. The fourth-order valence-electron chi connectivity index (χ4n) is 1.43. The summed E-state index contributed by atoms with van der Waals surface area (Å²) in [6.07, 6.45) is 0. The van der Waals surface area contributed by atoms with E-state index in [1.807, 2.05) is 6.07 Å². The molecule has 0 amide bonds. The zero-order valence-electron chi connectivity index (χ0n) is 10.1. The number of nitrogens with zero attached hydrogens (tertiary/aromatic N) is 1. The Kier molecular flexibility index (Phi) is 4.95. The molecule has 0 bridgehead atoms. The van der Waals surface area contributed by atoms with E-state index in [1.165, 1.54) is 0 Å². The van der Waals surface area contributed by atoms with Gasteiger partial charge >= 0.3 is 0 Å². The van der Waals surface area contributed by atoms with Crippen molar-refractivity contribution in [1.82, 2.24) is 4.72 Å². The molecular formula is C11H16N4O2S. The molecule has 98 valence electrons. The van der Waals surface area contributed by atoms with Crippen LogP contribution in [0.1, 0.15) is 12.5 Å². The summed E-state index contributed by atoms with van der Waals surface area (Å²) in [6, 6.07) is 6.97. The largest absolute Gasteiger partial charge is 0.396 e. The van der Waals surface area contributed by atoms with E-state index in [1.54, 1.807) is 25.1 Å². The number of benzene rings is 1. The van der Waals surface area contributed by atoms with E-state index in [4.69, 9.17) is 11.0 Å². The molecule has 0 unspecified atom stereocenters. The molecule has 6 nitrogen and oxygen atoms in total. The van der Waals surface area contributed by atoms with Crippen molar-refractivity contribution in [2.75, 3.05) is 29.9 Å². The number of sulfonamides is 1. The normalized spacial score (nSPS) is 10.9. The minimum Gasteiger partial charge on any atom is -0.396 e.